The third-order valence-corrected chi connectivity index (χ3v) is 0. The average molecular weight is 226 g/mol. The van der Waals surface area contributed by atoms with E-state index in [0.717, 1.165) is 0 Å². The van der Waals surface area contributed by atoms with Gasteiger partial charge in [-0.05, 0) is 0 Å². The first-order valence-electron chi connectivity index (χ1n) is 0. The molecule has 0 fully saturated rings. The van der Waals surface area contributed by atoms with Crippen LogP contribution in [0.1, 0.15) is 0 Å². The second-order valence-corrected chi connectivity index (χ2v) is 0. The fourth-order valence-corrected chi connectivity index (χ4v) is 0. The predicted octanol–water partition coefficient (Wildman–Crippen LogP) is 0.390. The Labute approximate surface area is 148 Å². The van der Waals surface area contributed by atoms with E-state index in [1.807, 2.05) is 0 Å². The minimum absolute atomic E-state index is 0. The molecule has 0 nitrogen and oxygen atoms in total. The van der Waals surface area contributed by atoms with Gasteiger partial charge in [0, 0.05) is 0 Å². The summed E-state index contributed by atoms with van der Waals surface area (Å²) in [5.74, 6) is 0. The van der Waals surface area contributed by atoms with Crippen LogP contribution < -0.4 is 0 Å². The SMILES string of the molecule is Cl.Cl.Cl.Cl.[KH].[KH]. The van der Waals surface area contributed by atoms with E-state index in [1.54, 1.807) is 0 Å². The van der Waals surface area contributed by atoms with Crippen molar-refractivity contribution in [3.8, 4) is 0 Å². The Balaban J connectivity index is 0. The molecule has 0 saturated heterocycles. The molecule has 0 aromatic rings. The van der Waals surface area contributed by atoms with E-state index in [1.165, 1.54) is 0 Å². The summed E-state index contributed by atoms with van der Waals surface area (Å²) in [5.41, 5.74) is 0. The molecule has 0 bridgehead atoms. The van der Waals surface area contributed by atoms with Crippen LogP contribution in [-0.2, 0) is 0 Å². The molecule has 0 aromatic carbocycles. The van der Waals surface area contributed by atoms with Gasteiger partial charge in [0.2, 0.25) is 0 Å². The Morgan fingerprint density at radius 1 is 0.333 bits per heavy atom. The molecule has 36 valence electrons. The van der Waals surface area contributed by atoms with Crippen molar-refractivity contribution in [2.75, 3.05) is 0 Å². The van der Waals surface area contributed by atoms with Crippen molar-refractivity contribution in [2.45, 2.75) is 0 Å². The molecule has 6 heteroatoms. The van der Waals surface area contributed by atoms with Crippen LogP contribution in [0, 0.1) is 0 Å². The fourth-order valence-electron chi connectivity index (χ4n) is 0. The predicted molar refractivity (Wildman–Crippen MR) is 43.3 cm³/mol. The molecule has 0 aliphatic carbocycles. The van der Waals surface area contributed by atoms with E-state index in [0.29, 0.717) is 0 Å². The van der Waals surface area contributed by atoms with Crippen molar-refractivity contribution in [1.82, 2.24) is 0 Å². The summed E-state index contributed by atoms with van der Waals surface area (Å²) in [5, 5.41) is 0. The molecular weight excluding hydrogens is 220 g/mol. The van der Waals surface area contributed by atoms with Crippen molar-refractivity contribution in [1.29, 1.82) is 0 Å². The molecule has 0 aliphatic heterocycles. The maximum atomic E-state index is 0. The third kappa shape index (κ3) is 23.7. The first-order valence-corrected chi connectivity index (χ1v) is 0. The van der Waals surface area contributed by atoms with Crippen molar-refractivity contribution in [2.24, 2.45) is 0 Å². The fraction of sp³-hybridized carbons (Fsp3) is 0. The molecule has 0 N–H and O–H groups in total. The summed E-state index contributed by atoms with van der Waals surface area (Å²) in [7, 11) is 0. The molecule has 0 heterocycles. The number of rotatable bonds is 0. The van der Waals surface area contributed by atoms with E-state index in [-0.39, 0.29) is 152 Å². The van der Waals surface area contributed by atoms with Gasteiger partial charge in [0.15, 0.2) is 0 Å². The normalized spacial score (nSPS) is 0. The quantitative estimate of drug-likeness (QED) is 0.524. The van der Waals surface area contributed by atoms with Gasteiger partial charge in [0.05, 0.1) is 0 Å². The summed E-state index contributed by atoms with van der Waals surface area (Å²) in [6.45, 7) is 0. The van der Waals surface area contributed by atoms with E-state index < -0.39 is 0 Å². The zero-order chi connectivity index (χ0) is 0. The van der Waals surface area contributed by atoms with Gasteiger partial charge in [-0.2, -0.15) is 0 Å². The molecule has 0 spiro atoms. The van der Waals surface area contributed by atoms with Gasteiger partial charge in [-0.15, -0.1) is 49.6 Å². The van der Waals surface area contributed by atoms with Gasteiger partial charge in [0.25, 0.3) is 0 Å². The van der Waals surface area contributed by atoms with Crippen molar-refractivity contribution in [3.63, 3.8) is 0 Å². The molecule has 0 amide bonds. The molecule has 0 aromatic heterocycles. The van der Waals surface area contributed by atoms with Crippen LogP contribution in [0.5, 0.6) is 0 Å². The molecule has 0 aliphatic rings. The first-order chi connectivity index (χ1) is 0. The van der Waals surface area contributed by atoms with Crippen LogP contribution in [-0.4, -0.2) is 103 Å². The van der Waals surface area contributed by atoms with Gasteiger partial charge in [-0.1, -0.05) is 0 Å². The summed E-state index contributed by atoms with van der Waals surface area (Å²) in [6.07, 6.45) is 0. The summed E-state index contributed by atoms with van der Waals surface area (Å²) in [4.78, 5) is 0. The summed E-state index contributed by atoms with van der Waals surface area (Å²) < 4.78 is 0. The van der Waals surface area contributed by atoms with Gasteiger partial charge >= 0.3 is 103 Å². The zero-order valence-corrected chi connectivity index (χ0v) is 4.90. The van der Waals surface area contributed by atoms with E-state index >= 15 is 0 Å². The van der Waals surface area contributed by atoms with Crippen LogP contribution in [0.25, 0.3) is 0 Å². The van der Waals surface area contributed by atoms with Crippen molar-refractivity contribution in [3.05, 3.63) is 0 Å². The third-order valence-electron chi connectivity index (χ3n) is 0. The van der Waals surface area contributed by atoms with Crippen LogP contribution in [0.2, 0.25) is 0 Å². The van der Waals surface area contributed by atoms with Crippen molar-refractivity contribution >= 4 is 152 Å². The Morgan fingerprint density at radius 2 is 0.333 bits per heavy atom. The number of hydrogen-bond donors (Lipinski definition) is 0. The number of hydrogen-bond acceptors (Lipinski definition) is 0. The molecule has 0 radical (unpaired) electrons. The van der Waals surface area contributed by atoms with Gasteiger partial charge < -0.3 is 0 Å². The Hall–Kier alpha value is 4.43. The minimum atomic E-state index is 0. The van der Waals surface area contributed by atoms with E-state index in [4.69, 9.17) is 0 Å². The second-order valence-electron chi connectivity index (χ2n) is 0. The summed E-state index contributed by atoms with van der Waals surface area (Å²) in [6, 6.07) is 0. The van der Waals surface area contributed by atoms with Crippen LogP contribution in [0.3, 0.4) is 0 Å². The Morgan fingerprint density at radius 3 is 0.333 bits per heavy atom. The Kier molecular flexibility index (Phi) is 269. The monoisotopic (exact) mass is 224 g/mol. The molecular formula is H6Cl4K2. The van der Waals surface area contributed by atoms with E-state index in [2.05, 4.69) is 0 Å². The first kappa shape index (κ1) is 47.2. The number of halogens is 4. The van der Waals surface area contributed by atoms with Gasteiger partial charge in [-0.3, -0.25) is 0 Å². The maximum absolute atomic E-state index is 0. The van der Waals surface area contributed by atoms with Crippen LogP contribution in [0.15, 0.2) is 0 Å². The average Bonchev–Trinajstić information content (AvgIpc) is 0. The molecule has 0 rings (SSSR count). The standard InChI is InChI=1S/4ClH.2K.2H/h4*1H;;;;. The van der Waals surface area contributed by atoms with Crippen LogP contribution in [0.4, 0.5) is 0 Å². The zero-order valence-electron chi connectivity index (χ0n) is 1.63. The van der Waals surface area contributed by atoms with Crippen molar-refractivity contribution < 1.29 is 0 Å². The topological polar surface area (TPSA) is 0 Å². The van der Waals surface area contributed by atoms with Gasteiger partial charge in [-0.25, -0.2) is 0 Å². The summed E-state index contributed by atoms with van der Waals surface area (Å²) >= 11 is 0. The van der Waals surface area contributed by atoms with Gasteiger partial charge in [0.1, 0.15) is 0 Å². The van der Waals surface area contributed by atoms with E-state index in [9.17, 15) is 0 Å². The molecule has 0 unspecified atom stereocenters. The molecule has 0 atom stereocenters. The Bertz CT molecular complexity index is 5.51. The molecule has 6 heavy (non-hydrogen) atoms. The van der Waals surface area contributed by atoms with Crippen LogP contribution >= 0.6 is 49.6 Å². The molecule has 0 saturated carbocycles. The second kappa shape index (κ2) is 34.1.